The zero-order valence-electron chi connectivity index (χ0n) is 11.8. The fourth-order valence-corrected chi connectivity index (χ4v) is 5.36. The zero-order chi connectivity index (χ0) is 14.0. The Morgan fingerprint density at radius 2 is 1.90 bits per heavy atom. The van der Waals surface area contributed by atoms with E-state index >= 15 is 0 Å². The molecule has 3 nitrogen and oxygen atoms in total. The molecule has 2 aliphatic rings. The van der Waals surface area contributed by atoms with Gasteiger partial charge in [-0.2, -0.15) is 0 Å². The number of fused-ring (bicyclic) bond motifs is 1. The van der Waals surface area contributed by atoms with Gasteiger partial charge in [-0.25, -0.2) is 8.42 Å². The molecule has 3 rings (SSSR count). The summed E-state index contributed by atoms with van der Waals surface area (Å²) in [5, 5.41) is 3.44. The van der Waals surface area contributed by atoms with Crippen molar-refractivity contribution in [3.63, 3.8) is 0 Å². The highest BCUT2D eigenvalue weighted by atomic mass is 32.2. The van der Waals surface area contributed by atoms with Gasteiger partial charge in [-0.1, -0.05) is 43.9 Å². The lowest BCUT2D eigenvalue weighted by atomic mass is 10.0. The van der Waals surface area contributed by atoms with Crippen LogP contribution in [-0.4, -0.2) is 20.7 Å². The Kier molecular flexibility index (Phi) is 4.13. The summed E-state index contributed by atoms with van der Waals surface area (Å²) in [5.74, 6) is 1.13. The van der Waals surface area contributed by atoms with Crippen molar-refractivity contribution < 1.29 is 8.42 Å². The van der Waals surface area contributed by atoms with Crippen molar-refractivity contribution in [2.24, 2.45) is 5.92 Å². The van der Waals surface area contributed by atoms with Gasteiger partial charge in [0, 0.05) is 6.04 Å². The smallest absolute Gasteiger partial charge is 0.180 e. The first-order chi connectivity index (χ1) is 9.67. The van der Waals surface area contributed by atoms with Gasteiger partial charge in [0.1, 0.15) is 0 Å². The van der Waals surface area contributed by atoms with Gasteiger partial charge in [0.25, 0.3) is 0 Å². The molecule has 0 amide bonds. The minimum atomic E-state index is -3.07. The van der Waals surface area contributed by atoms with E-state index in [1.54, 1.807) is 12.1 Å². The number of sulfone groups is 1. The van der Waals surface area contributed by atoms with Gasteiger partial charge in [0.15, 0.2) is 9.84 Å². The van der Waals surface area contributed by atoms with E-state index in [1.807, 2.05) is 12.1 Å². The molecule has 1 aliphatic carbocycles. The molecule has 1 heterocycles. The maximum absolute atomic E-state index is 12.1. The van der Waals surface area contributed by atoms with Crippen LogP contribution in [0.3, 0.4) is 0 Å². The van der Waals surface area contributed by atoms with Crippen LogP contribution in [0.15, 0.2) is 29.2 Å². The van der Waals surface area contributed by atoms with Gasteiger partial charge >= 0.3 is 0 Å². The number of rotatable bonds is 5. The normalized spacial score (nSPS) is 24.9. The lowest BCUT2D eigenvalue weighted by Gasteiger charge is -2.14. The van der Waals surface area contributed by atoms with Gasteiger partial charge < -0.3 is 5.32 Å². The number of benzene rings is 1. The second kappa shape index (κ2) is 5.86. The summed E-state index contributed by atoms with van der Waals surface area (Å²) in [5.41, 5.74) is 0.952. The molecule has 20 heavy (non-hydrogen) atoms. The largest absolute Gasteiger partial charge is 0.309 e. The van der Waals surface area contributed by atoms with Crippen molar-refractivity contribution in [3.05, 3.63) is 29.8 Å². The number of hydrogen-bond donors (Lipinski definition) is 1. The lowest BCUT2D eigenvalue weighted by Crippen LogP contribution is -2.24. The summed E-state index contributed by atoms with van der Waals surface area (Å²) in [6.07, 6.45) is 8.01. The van der Waals surface area contributed by atoms with Crippen molar-refractivity contribution in [3.8, 4) is 0 Å². The van der Waals surface area contributed by atoms with E-state index in [2.05, 4.69) is 5.32 Å². The first kappa shape index (κ1) is 14.1. The maximum atomic E-state index is 12.1. The third-order valence-electron chi connectivity index (χ3n) is 4.67. The van der Waals surface area contributed by atoms with Crippen LogP contribution in [0.25, 0.3) is 0 Å². The molecule has 1 aromatic rings. The third-order valence-corrected chi connectivity index (χ3v) is 6.48. The molecule has 1 aliphatic heterocycles. The molecule has 1 fully saturated rings. The summed E-state index contributed by atoms with van der Waals surface area (Å²) in [6, 6.07) is 7.38. The van der Waals surface area contributed by atoms with Gasteiger partial charge in [0.05, 0.1) is 10.6 Å². The number of nitrogens with one attached hydrogen (secondary N) is 1. The molecular weight excluding hydrogens is 270 g/mol. The highest BCUT2D eigenvalue weighted by molar-refractivity contribution is 7.91. The van der Waals surface area contributed by atoms with Crippen molar-refractivity contribution in [2.45, 2.75) is 49.5 Å². The summed E-state index contributed by atoms with van der Waals surface area (Å²) < 4.78 is 24.1. The first-order valence-electron chi connectivity index (χ1n) is 7.72. The van der Waals surface area contributed by atoms with Crippen LogP contribution in [0.5, 0.6) is 0 Å². The molecule has 0 aromatic heterocycles. The molecule has 1 N–H and O–H groups in total. The summed E-state index contributed by atoms with van der Waals surface area (Å²) >= 11 is 0. The molecule has 0 saturated heterocycles. The molecule has 4 heteroatoms. The first-order valence-corrected chi connectivity index (χ1v) is 9.37. The second-order valence-corrected chi connectivity index (χ2v) is 8.12. The predicted octanol–water partition coefficient (Wildman–Crippen LogP) is 3.08. The molecule has 0 radical (unpaired) electrons. The Labute approximate surface area is 121 Å². The molecule has 0 spiro atoms. The van der Waals surface area contributed by atoms with E-state index in [9.17, 15) is 8.42 Å². The molecule has 1 saturated carbocycles. The highest BCUT2D eigenvalue weighted by Gasteiger charge is 2.33. The molecule has 110 valence electrons. The van der Waals surface area contributed by atoms with Gasteiger partial charge in [-0.05, 0) is 36.9 Å². The molecule has 1 unspecified atom stereocenters. The van der Waals surface area contributed by atoms with Crippen LogP contribution in [-0.2, 0) is 9.84 Å². The average Bonchev–Trinajstić information content (AvgIpc) is 3.03. The van der Waals surface area contributed by atoms with Crippen LogP contribution < -0.4 is 5.32 Å². The van der Waals surface area contributed by atoms with E-state index in [1.165, 1.54) is 32.1 Å². The van der Waals surface area contributed by atoms with Crippen molar-refractivity contribution >= 4 is 9.84 Å². The highest BCUT2D eigenvalue weighted by Crippen LogP contribution is 2.33. The Hall–Kier alpha value is -0.870. The van der Waals surface area contributed by atoms with E-state index < -0.39 is 9.84 Å². The number of hydrogen-bond acceptors (Lipinski definition) is 3. The molecular formula is C16H23NO2S. The fourth-order valence-electron chi connectivity index (χ4n) is 3.59. The summed E-state index contributed by atoms with van der Waals surface area (Å²) in [6.45, 7) is 0.922. The minimum absolute atomic E-state index is 0.0141. The SMILES string of the molecule is O=S1(=O)CC(NCCCC2CCCC2)c2ccccc21. The Bertz CT molecular complexity index is 562. The Morgan fingerprint density at radius 1 is 1.15 bits per heavy atom. The van der Waals surface area contributed by atoms with Gasteiger partial charge in [0.2, 0.25) is 0 Å². The third kappa shape index (κ3) is 2.91. The summed E-state index contributed by atoms with van der Waals surface area (Å²) in [7, 11) is -3.07. The fraction of sp³-hybridized carbons (Fsp3) is 0.625. The quantitative estimate of drug-likeness (QED) is 0.849. The Balaban J connectivity index is 1.54. The van der Waals surface area contributed by atoms with Crippen molar-refractivity contribution in [1.29, 1.82) is 0 Å². The maximum Gasteiger partial charge on any atom is 0.180 e. The predicted molar refractivity (Wildman–Crippen MR) is 80.4 cm³/mol. The topological polar surface area (TPSA) is 46.2 Å². The zero-order valence-corrected chi connectivity index (χ0v) is 12.7. The van der Waals surface area contributed by atoms with Crippen LogP contribution in [0.4, 0.5) is 0 Å². The summed E-state index contributed by atoms with van der Waals surface area (Å²) in [4.78, 5) is 0.522. The van der Waals surface area contributed by atoms with E-state index in [4.69, 9.17) is 0 Å². The van der Waals surface area contributed by atoms with Crippen LogP contribution in [0.1, 0.15) is 50.1 Å². The monoisotopic (exact) mass is 293 g/mol. The van der Waals surface area contributed by atoms with E-state index in [0.717, 1.165) is 24.4 Å². The standard InChI is InChI=1S/C16H23NO2S/c18-20(19)12-15(14-9-3-4-10-16(14)20)17-11-5-8-13-6-1-2-7-13/h3-4,9-10,13,15,17H,1-2,5-8,11-12H2. The second-order valence-electron chi connectivity index (χ2n) is 6.12. The van der Waals surface area contributed by atoms with Crippen LogP contribution >= 0.6 is 0 Å². The Morgan fingerprint density at radius 3 is 2.70 bits per heavy atom. The minimum Gasteiger partial charge on any atom is -0.309 e. The van der Waals surface area contributed by atoms with Crippen molar-refractivity contribution in [2.75, 3.05) is 12.3 Å². The van der Waals surface area contributed by atoms with E-state index in [-0.39, 0.29) is 11.8 Å². The molecule has 1 aromatic carbocycles. The van der Waals surface area contributed by atoms with Crippen LogP contribution in [0, 0.1) is 5.92 Å². The lowest BCUT2D eigenvalue weighted by molar-refractivity contribution is 0.457. The molecule has 0 bridgehead atoms. The van der Waals surface area contributed by atoms with Gasteiger partial charge in [-0.15, -0.1) is 0 Å². The molecule has 1 atom stereocenters. The van der Waals surface area contributed by atoms with E-state index in [0.29, 0.717) is 4.90 Å². The van der Waals surface area contributed by atoms with Gasteiger partial charge in [-0.3, -0.25) is 0 Å². The van der Waals surface area contributed by atoms with Crippen molar-refractivity contribution in [1.82, 2.24) is 5.32 Å². The van der Waals surface area contributed by atoms with Crippen LogP contribution in [0.2, 0.25) is 0 Å². The average molecular weight is 293 g/mol.